The van der Waals surface area contributed by atoms with Crippen LogP contribution in [-0.2, 0) is 10.2 Å². The maximum Gasteiger partial charge on any atom is 0.0576 e. The maximum atomic E-state index is 5.75. The molecule has 114 valence electrons. The number of ether oxygens (including phenoxy) is 1. The summed E-state index contributed by atoms with van der Waals surface area (Å²) in [5.74, 6) is 0. The van der Waals surface area contributed by atoms with Gasteiger partial charge in [0.05, 0.1) is 6.10 Å². The van der Waals surface area contributed by atoms with Crippen molar-refractivity contribution >= 4 is 11.3 Å². The molecule has 2 atom stereocenters. The maximum absolute atomic E-state index is 5.75. The van der Waals surface area contributed by atoms with Crippen LogP contribution < -0.4 is 5.32 Å². The van der Waals surface area contributed by atoms with E-state index < -0.39 is 0 Å². The highest BCUT2D eigenvalue weighted by Crippen LogP contribution is 2.34. The lowest BCUT2D eigenvalue weighted by atomic mass is 9.95. The van der Waals surface area contributed by atoms with Crippen molar-refractivity contribution in [3.05, 3.63) is 21.9 Å². The first kappa shape index (κ1) is 16.0. The van der Waals surface area contributed by atoms with Crippen molar-refractivity contribution in [2.24, 2.45) is 0 Å². The minimum absolute atomic E-state index is 0.258. The molecule has 0 bridgehead atoms. The van der Waals surface area contributed by atoms with E-state index in [4.69, 9.17) is 4.74 Å². The molecule has 20 heavy (non-hydrogen) atoms. The molecule has 1 aromatic rings. The van der Waals surface area contributed by atoms with Crippen molar-refractivity contribution in [1.82, 2.24) is 5.32 Å². The van der Waals surface area contributed by atoms with Gasteiger partial charge < -0.3 is 10.1 Å². The van der Waals surface area contributed by atoms with Crippen LogP contribution in [0.3, 0.4) is 0 Å². The second-order valence-corrected chi connectivity index (χ2v) is 7.89. The monoisotopic (exact) mass is 295 g/mol. The van der Waals surface area contributed by atoms with Gasteiger partial charge >= 0.3 is 0 Å². The number of hydrogen-bond acceptors (Lipinski definition) is 3. The van der Waals surface area contributed by atoms with Crippen molar-refractivity contribution in [3.63, 3.8) is 0 Å². The zero-order valence-electron chi connectivity index (χ0n) is 13.4. The van der Waals surface area contributed by atoms with Crippen molar-refractivity contribution in [3.8, 4) is 0 Å². The molecule has 1 saturated heterocycles. The lowest BCUT2D eigenvalue weighted by molar-refractivity contribution is 0.0997. The Labute approximate surface area is 127 Å². The van der Waals surface area contributed by atoms with Gasteiger partial charge in [-0.05, 0) is 49.8 Å². The highest BCUT2D eigenvalue weighted by molar-refractivity contribution is 7.12. The Balaban J connectivity index is 1.97. The molecule has 0 aliphatic carbocycles. The van der Waals surface area contributed by atoms with E-state index in [0.717, 1.165) is 13.2 Å². The van der Waals surface area contributed by atoms with E-state index in [9.17, 15) is 0 Å². The molecule has 1 aromatic heterocycles. The minimum Gasteiger partial charge on any atom is -0.378 e. The summed E-state index contributed by atoms with van der Waals surface area (Å²) in [4.78, 5) is 2.96. The summed E-state index contributed by atoms with van der Waals surface area (Å²) in [7, 11) is 0. The second kappa shape index (κ2) is 7.06. The average Bonchev–Trinajstić information content (AvgIpc) is 3.04. The first-order chi connectivity index (χ1) is 9.50. The van der Waals surface area contributed by atoms with Crippen LogP contribution >= 0.6 is 11.3 Å². The van der Waals surface area contributed by atoms with E-state index in [0.29, 0.717) is 12.1 Å². The van der Waals surface area contributed by atoms with Crippen LogP contribution in [0.2, 0.25) is 0 Å². The van der Waals surface area contributed by atoms with E-state index in [1.54, 1.807) is 0 Å². The van der Waals surface area contributed by atoms with Crippen molar-refractivity contribution < 1.29 is 4.74 Å². The molecule has 0 spiro atoms. The Morgan fingerprint density at radius 2 is 2.20 bits per heavy atom. The third-order valence-corrected chi connectivity index (χ3v) is 5.59. The molecular formula is C17H29NOS. The van der Waals surface area contributed by atoms with Crippen LogP contribution in [-0.4, -0.2) is 19.3 Å². The molecule has 1 fully saturated rings. The molecule has 1 N–H and O–H groups in total. The molecule has 1 aliphatic heterocycles. The van der Waals surface area contributed by atoms with Gasteiger partial charge in [-0.1, -0.05) is 27.7 Å². The summed E-state index contributed by atoms with van der Waals surface area (Å²) in [6.45, 7) is 11.0. The van der Waals surface area contributed by atoms with Crippen LogP contribution in [0.5, 0.6) is 0 Å². The Hall–Kier alpha value is -0.380. The molecule has 0 amide bonds. The van der Waals surface area contributed by atoms with Gasteiger partial charge in [-0.3, -0.25) is 0 Å². The predicted octanol–water partition coefficient (Wildman–Crippen LogP) is 4.66. The standard InChI is InChI=1S/C17H29NOS/c1-5-18-14(9-8-13-7-6-12-19-13)15-10-11-16(20-15)17(2,3)4/h10-11,13-14,18H,5-9,12H2,1-4H3. The SMILES string of the molecule is CCNC(CCC1CCCO1)c1ccc(C(C)(C)C)s1. The van der Waals surface area contributed by atoms with Crippen LogP contribution in [0, 0.1) is 0 Å². The van der Waals surface area contributed by atoms with E-state index in [-0.39, 0.29) is 5.41 Å². The molecule has 2 nitrogen and oxygen atoms in total. The fourth-order valence-electron chi connectivity index (χ4n) is 2.76. The number of rotatable bonds is 6. The quantitative estimate of drug-likeness (QED) is 0.824. The van der Waals surface area contributed by atoms with Crippen LogP contribution in [0.15, 0.2) is 12.1 Å². The molecule has 0 aromatic carbocycles. The lowest BCUT2D eigenvalue weighted by Gasteiger charge is -2.19. The van der Waals surface area contributed by atoms with E-state index >= 15 is 0 Å². The van der Waals surface area contributed by atoms with Gasteiger partial charge in [0.25, 0.3) is 0 Å². The molecule has 0 saturated carbocycles. The van der Waals surface area contributed by atoms with Gasteiger partial charge in [-0.2, -0.15) is 0 Å². The van der Waals surface area contributed by atoms with E-state index in [1.807, 2.05) is 11.3 Å². The fourth-order valence-corrected chi connectivity index (χ4v) is 3.93. The number of thiophene rings is 1. The summed E-state index contributed by atoms with van der Waals surface area (Å²) in [6, 6.07) is 5.11. The molecule has 3 heteroatoms. The Bertz CT molecular complexity index is 401. The first-order valence-corrected chi connectivity index (χ1v) is 8.77. The third kappa shape index (κ3) is 4.31. The molecule has 0 radical (unpaired) electrons. The van der Waals surface area contributed by atoms with E-state index in [1.165, 1.54) is 35.4 Å². The predicted molar refractivity (Wildman–Crippen MR) is 87.6 cm³/mol. The third-order valence-electron chi connectivity index (χ3n) is 3.96. The molecule has 2 unspecified atom stereocenters. The summed E-state index contributed by atoms with van der Waals surface area (Å²) in [5.41, 5.74) is 0.258. The average molecular weight is 295 g/mol. The van der Waals surface area contributed by atoms with Gasteiger partial charge in [0.1, 0.15) is 0 Å². The topological polar surface area (TPSA) is 21.3 Å². The summed E-state index contributed by atoms with van der Waals surface area (Å²) in [5, 5.41) is 3.64. The second-order valence-electron chi connectivity index (χ2n) is 6.77. The molecule has 2 rings (SSSR count). The summed E-state index contributed by atoms with van der Waals surface area (Å²) in [6.07, 6.45) is 5.35. The Morgan fingerprint density at radius 3 is 2.75 bits per heavy atom. The van der Waals surface area contributed by atoms with Gasteiger partial charge in [0.15, 0.2) is 0 Å². The minimum atomic E-state index is 0.258. The smallest absolute Gasteiger partial charge is 0.0576 e. The normalized spacial score (nSPS) is 21.3. The Kier molecular flexibility index (Phi) is 5.65. The zero-order chi connectivity index (χ0) is 14.6. The summed E-state index contributed by atoms with van der Waals surface area (Å²) < 4.78 is 5.75. The highest BCUT2D eigenvalue weighted by atomic mass is 32.1. The van der Waals surface area contributed by atoms with Gasteiger partial charge in [0, 0.05) is 22.4 Å². The van der Waals surface area contributed by atoms with E-state index in [2.05, 4.69) is 45.1 Å². The van der Waals surface area contributed by atoms with Crippen molar-refractivity contribution in [2.75, 3.05) is 13.2 Å². The van der Waals surface area contributed by atoms with Gasteiger partial charge in [0.2, 0.25) is 0 Å². The van der Waals surface area contributed by atoms with Crippen molar-refractivity contribution in [1.29, 1.82) is 0 Å². The lowest BCUT2D eigenvalue weighted by Crippen LogP contribution is -2.21. The van der Waals surface area contributed by atoms with Gasteiger partial charge in [-0.25, -0.2) is 0 Å². The first-order valence-electron chi connectivity index (χ1n) is 7.96. The van der Waals surface area contributed by atoms with Crippen molar-refractivity contribution in [2.45, 2.75) is 70.9 Å². The van der Waals surface area contributed by atoms with Crippen LogP contribution in [0.25, 0.3) is 0 Å². The highest BCUT2D eigenvalue weighted by Gasteiger charge is 2.22. The number of nitrogens with one attached hydrogen (secondary N) is 1. The zero-order valence-corrected chi connectivity index (χ0v) is 14.2. The largest absolute Gasteiger partial charge is 0.378 e. The molecule has 1 aliphatic rings. The Morgan fingerprint density at radius 1 is 1.40 bits per heavy atom. The van der Waals surface area contributed by atoms with Crippen LogP contribution in [0.4, 0.5) is 0 Å². The molecule has 2 heterocycles. The van der Waals surface area contributed by atoms with Gasteiger partial charge in [-0.15, -0.1) is 11.3 Å². The summed E-state index contributed by atoms with van der Waals surface area (Å²) >= 11 is 1.97. The van der Waals surface area contributed by atoms with Crippen LogP contribution in [0.1, 0.15) is 69.2 Å². The fraction of sp³-hybridized carbons (Fsp3) is 0.765. The molecular weight excluding hydrogens is 266 g/mol. The number of hydrogen-bond donors (Lipinski definition) is 1.